The minimum absolute atomic E-state index is 0.212. The average Bonchev–Trinajstić information content (AvgIpc) is 2.76. The summed E-state index contributed by atoms with van der Waals surface area (Å²) < 4.78 is 31.6. The molecule has 0 saturated carbocycles. The highest BCUT2D eigenvalue weighted by Crippen LogP contribution is 2.13. The van der Waals surface area contributed by atoms with Crippen molar-refractivity contribution < 1.29 is 27.1 Å². The smallest absolute Gasteiger partial charge is 0.369 e. The summed E-state index contributed by atoms with van der Waals surface area (Å²) in [6.45, 7) is 0. The second kappa shape index (κ2) is 17.2. The minimum Gasteiger partial charge on any atom is -0.369 e. The van der Waals surface area contributed by atoms with E-state index in [-0.39, 0.29) is 11.9 Å². The van der Waals surface area contributed by atoms with E-state index >= 15 is 0 Å². The number of hydrogen-bond donors (Lipinski definition) is 8. The predicted molar refractivity (Wildman–Crippen MR) is 143 cm³/mol. The molecule has 2 amide bonds. The van der Waals surface area contributed by atoms with Gasteiger partial charge >= 0.3 is 10.4 Å². The van der Waals surface area contributed by atoms with Crippen LogP contribution in [0, 0.1) is 0 Å². The van der Waals surface area contributed by atoms with E-state index in [2.05, 4.69) is 31.0 Å². The number of anilines is 2. The van der Waals surface area contributed by atoms with Crippen molar-refractivity contribution in [3.05, 3.63) is 58.6 Å². The maximum atomic E-state index is 11.2. The van der Waals surface area contributed by atoms with Crippen LogP contribution in [0.2, 0.25) is 10.0 Å². The Labute approximate surface area is 220 Å². The molecule has 2 aromatic rings. The van der Waals surface area contributed by atoms with Gasteiger partial charge in [-0.25, -0.2) is 0 Å². The fourth-order valence-corrected chi connectivity index (χ4v) is 1.96. The number of benzene rings is 2. The Kier molecular flexibility index (Phi) is 15.2. The number of nitrogens with one attached hydrogen (secondary N) is 2. The molecule has 16 nitrogen and oxygen atoms in total. The normalized spacial score (nSPS) is 10.3. The van der Waals surface area contributed by atoms with Crippen LogP contribution in [0.4, 0.5) is 11.4 Å². The molecular formula is C18H22Cl2N10O6S. The van der Waals surface area contributed by atoms with Gasteiger partial charge in [-0.05, 0) is 48.5 Å². The Morgan fingerprint density at radius 3 is 1.22 bits per heavy atom. The van der Waals surface area contributed by atoms with Gasteiger partial charge in [-0.2, -0.15) is 8.42 Å². The molecule has 200 valence electrons. The fraction of sp³-hybridized carbons (Fsp3) is 0. The monoisotopic (exact) mass is 576 g/mol. The largest absolute Gasteiger partial charge is 0.394 e. The first-order chi connectivity index (χ1) is 17.2. The van der Waals surface area contributed by atoms with Gasteiger partial charge < -0.3 is 33.6 Å². The van der Waals surface area contributed by atoms with Crippen molar-refractivity contribution >= 4 is 81.1 Å². The van der Waals surface area contributed by atoms with Crippen molar-refractivity contribution in [1.82, 2.24) is 0 Å². The van der Waals surface area contributed by atoms with Crippen LogP contribution in [0.5, 0.6) is 0 Å². The third-order valence-electron chi connectivity index (χ3n) is 2.92. The molecule has 0 aliphatic rings. The number of amides is 2. The van der Waals surface area contributed by atoms with E-state index in [1.807, 2.05) is 0 Å². The fourth-order valence-electron chi connectivity index (χ4n) is 1.71. The van der Waals surface area contributed by atoms with Crippen molar-refractivity contribution in [1.29, 1.82) is 0 Å². The standard InChI is InChI=1S/2C9H10ClN5O.H2O4S/c2*10-6-1-3-7(4-2-6)14-8(16)5-13-15-9(11)12;1-5(2,3)4/h2*1-5H,(H,14,16)(H4,11,12,15);(H2,1,2,3,4). The maximum Gasteiger partial charge on any atom is 0.394 e. The van der Waals surface area contributed by atoms with Crippen LogP contribution in [-0.2, 0) is 20.0 Å². The Balaban J connectivity index is 0.000000594. The second-order valence-electron chi connectivity index (χ2n) is 5.98. The molecule has 0 spiro atoms. The van der Waals surface area contributed by atoms with Gasteiger partial charge in [0.25, 0.3) is 11.8 Å². The number of hydrogen-bond acceptors (Lipinski definition) is 8. The molecule has 0 aromatic heterocycles. The summed E-state index contributed by atoms with van der Waals surface area (Å²) in [4.78, 5) is 22.5. The number of nitrogens with two attached hydrogens (primary N) is 4. The van der Waals surface area contributed by atoms with Gasteiger partial charge in [0, 0.05) is 21.4 Å². The molecule has 0 unspecified atom stereocenters. The first-order valence-corrected chi connectivity index (χ1v) is 11.4. The van der Waals surface area contributed by atoms with E-state index in [9.17, 15) is 9.59 Å². The number of halogens is 2. The molecule has 2 rings (SSSR count). The highest BCUT2D eigenvalue weighted by atomic mass is 35.5. The lowest BCUT2D eigenvalue weighted by atomic mass is 10.3. The summed E-state index contributed by atoms with van der Waals surface area (Å²) >= 11 is 11.4. The highest BCUT2D eigenvalue weighted by Gasteiger charge is 1.98. The lowest BCUT2D eigenvalue weighted by molar-refractivity contribution is -0.110. The summed E-state index contributed by atoms with van der Waals surface area (Å²) in [5, 5.41) is 19.5. The third kappa shape index (κ3) is 21.9. The van der Waals surface area contributed by atoms with Crippen LogP contribution < -0.4 is 33.6 Å². The van der Waals surface area contributed by atoms with Gasteiger partial charge in [0.2, 0.25) is 11.9 Å². The molecule has 0 fully saturated rings. The molecule has 0 aliphatic heterocycles. The highest BCUT2D eigenvalue weighted by molar-refractivity contribution is 7.79. The van der Waals surface area contributed by atoms with E-state index in [0.717, 1.165) is 12.4 Å². The topological polar surface area (TPSA) is 286 Å². The van der Waals surface area contributed by atoms with E-state index in [0.29, 0.717) is 21.4 Å². The summed E-state index contributed by atoms with van der Waals surface area (Å²) in [6, 6.07) is 13.3. The number of rotatable bonds is 6. The van der Waals surface area contributed by atoms with E-state index in [1.165, 1.54) is 0 Å². The molecule has 0 heterocycles. The first kappa shape index (κ1) is 32.7. The van der Waals surface area contributed by atoms with Crippen LogP contribution in [0.15, 0.2) is 68.9 Å². The molecule has 0 atom stereocenters. The van der Waals surface area contributed by atoms with Crippen molar-refractivity contribution in [3.63, 3.8) is 0 Å². The molecule has 2 aromatic carbocycles. The van der Waals surface area contributed by atoms with Crippen molar-refractivity contribution in [3.8, 4) is 0 Å². The minimum atomic E-state index is -4.67. The Morgan fingerprint density at radius 1 is 0.703 bits per heavy atom. The Hall–Kier alpha value is -4.29. The van der Waals surface area contributed by atoms with Gasteiger partial charge in [0.1, 0.15) is 12.4 Å². The second-order valence-corrected chi connectivity index (χ2v) is 7.75. The average molecular weight is 577 g/mol. The van der Waals surface area contributed by atoms with Gasteiger partial charge in [0.05, 0.1) is 0 Å². The lowest BCUT2D eigenvalue weighted by Crippen LogP contribution is -2.22. The molecule has 12 N–H and O–H groups in total. The molecule has 0 saturated heterocycles. The van der Waals surface area contributed by atoms with Crippen LogP contribution in [-0.4, -0.2) is 53.7 Å². The first-order valence-electron chi connectivity index (χ1n) is 9.22. The zero-order valence-corrected chi connectivity index (χ0v) is 20.9. The molecule has 0 aliphatic carbocycles. The van der Waals surface area contributed by atoms with Crippen molar-refractivity contribution in [2.45, 2.75) is 0 Å². The summed E-state index contributed by atoms with van der Waals surface area (Å²) in [5.41, 5.74) is 21.3. The van der Waals surface area contributed by atoms with Gasteiger partial charge in [-0.3, -0.25) is 18.7 Å². The van der Waals surface area contributed by atoms with Crippen molar-refractivity contribution in [2.24, 2.45) is 43.3 Å². The van der Waals surface area contributed by atoms with Crippen LogP contribution in [0.3, 0.4) is 0 Å². The van der Waals surface area contributed by atoms with Gasteiger partial charge in [-0.15, -0.1) is 20.4 Å². The summed E-state index contributed by atoms with van der Waals surface area (Å²) in [5.74, 6) is -1.30. The summed E-state index contributed by atoms with van der Waals surface area (Å²) in [6.07, 6.45) is 1.93. The predicted octanol–water partition coefficient (Wildman–Crippen LogP) is 0.423. The quantitative estimate of drug-likeness (QED) is 0.101. The van der Waals surface area contributed by atoms with E-state index in [4.69, 9.17) is 63.7 Å². The van der Waals surface area contributed by atoms with Crippen LogP contribution in [0.25, 0.3) is 0 Å². The number of nitrogens with zero attached hydrogens (tertiary/aromatic N) is 4. The molecule has 19 heteroatoms. The molecular weight excluding hydrogens is 555 g/mol. The maximum absolute atomic E-state index is 11.2. The Bertz CT molecular complexity index is 1150. The molecule has 0 bridgehead atoms. The SMILES string of the molecule is NC(N)=NN=CC(=O)Nc1ccc(Cl)cc1.NC(N)=NN=CC(=O)Nc1ccc(Cl)cc1.O=S(=O)(O)O. The van der Waals surface area contributed by atoms with E-state index < -0.39 is 22.2 Å². The zero-order valence-electron chi connectivity index (χ0n) is 18.6. The van der Waals surface area contributed by atoms with Crippen LogP contribution >= 0.6 is 23.2 Å². The molecule has 0 radical (unpaired) electrons. The van der Waals surface area contributed by atoms with Crippen molar-refractivity contribution in [2.75, 3.05) is 10.6 Å². The van der Waals surface area contributed by atoms with E-state index in [1.54, 1.807) is 48.5 Å². The number of carbonyl (C=O) groups excluding carboxylic acids is 2. The van der Waals surface area contributed by atoms with Gasteiger partial charge in [0.15, 0.2) is 0 Å². The third-order valence-corrected chi connectivity index (χ3v) is 3.42. The number of carbonyl (C=O) groups is 2. The Morgan fingerprint density at radius 2 is 0.973 bits per heavy atom. The number of guanidine groups is 2. The molecule has 37 heavy (non-hydrogen) atoms. The summed E-state index contributed by atoms with van der Waals surface area (Å²) in [7, 11) is -4.67. The lowest BCUT2D eigenvalue weighted by Gasteiger charge is -2.00. The van der Waals surface area contributed by atoms with Gasteiger partial charge in [-0.1, -0.05) is 23.2 Å². The van der Waals surface area contributed by atoms with Crippen LogP contribution in [0.1, 0.15) is 0 Å². The zero-order chi connectivity index (χ0) is 28.4.